The van der Waals surface area contributed by atoms with E-state index in [-0.39, 0.29) is 18.6 Å². The van der Waals surface area contributed by atoms with Crippen LogP contribution in [0.4, 0.5) is 0 Å². The Morgan fingerprint density at radius 1 is 1.50 bits per heavy atom. The van der Waals surface area contributed by atoms with E-state index in [9.17, 15) is 4.79 Å². The first-order valence-electron chi connectivity index (χ1n) is 5.68. The number of methoxy groups -OCH3 is 1. The fourth-order valence-corrected chi connectivity index (χ4v) is 1.34. The zero-order valence-electron chi connectivity index (χ0n) is 10.6. The summed E-state index contributed by atoms with van der Waals surface area (Å²) in [6.45, 7) is 2.09. The van der Waals surface area contributed by atoms with Gasteiger partial charge in [0.15, 0.2) is 0 Å². The van der Waals surface area contributed by atoms with Gasteiger partial charge in [0, 0.05) is 19.2 Å². The molecule has 0 aliphatic rings. The molecule has 96 valence electrons. The fourth-order valence-electron chi connectivity index (χ4n) is 1.34. The highest BCUT2D eigenvalue weighted by molar-refractivity contribution is 5.96. The van der Waals surface area contributed by atoms with Crippen LogP contribution < -0.4 is 5.32 Å². The van der Waals surface area contributed by atoms with Crippen molar-refractivity contribution in [3.05, 3.63) is 35.4 Å². The molecule has 0 heterocycles. The number of nitrogens with one attached hydrogen (secondary N) is 1. The molecule has 1 aromatic rings. The highest BCUT2D eigenvalue weighted by Crippen LogP contribution is 2.07. The lowest BCUT2D eigenvalue weighted by Crippen LogP contribution is -2.31. The van der Waals surface area contributed by atoms with E-state index in [1.165, 1.54) is 0 Å². The number of ether oxygens (including phenoxy) is 1. The first-order valence-corrected chi connectivity index (χ1v) is 5.68. The molecule has 0 spiro atoms. The molecule has 0 aliphatic heterocycles. The SMILES string of the molecule is COC(C)CNC(=O)c1ccccc1C#CCO. The third-order valence-corrected chi connectivity index (χ3v) is 2.43. The van der Waals surface area contributed by atoms with Gasteiger partial charge in [0.2, 0.25) is 0 Å². The molecule has 0 saturated heterocycles. The fraction of sp³-hybridized carbons (Fsp3) is 0.357. The Hall–Kier alpha value is -1.83. The zero-order valence-corrected chi connectivity index (χ0v) is 10.6. The van der Waals surface area contributed by atoms with Gasteiger partial charge in [0.05, 0.1) is 11.7 Å². The number of amides is 1. The van der Waals surface area contributed by atoms with E-state index >= 15 is 0 Å². The quantitative estimate of drug-likeness (QED) is 0.774. The standard InChI is InChI=1S/C14H17NO3/c1-11(18-2)10-15-14(17)13-8-4-3-6-12(13)7-5-9-16/h3-4,6,8,11,16H,9-10H2,1-2H3,(H,15,17). The zero-order chi connectivity index (χ0) is 13.4. The number of aliphatic hydroxyl groups excluding tert-OH is 1. The van der Waals surface area contributed by atoms with Crippen LogP contribution in [-0.4, -0.2) is 37.4 Å². The Morgan fingerprint density at radius 2 is 2.22 bits per heavy atom. The highest BCUT2D eigenvalue weighted by atomic mass is 16.5. The van der Waals surface area contributed by atoms with Crippen LogP contribution in [0.3, 0.4) is 0 Å². The van der Waals surface area contributed by atoms with Gasteiger partial charge in [-0.3, -0.25) is 4.79 Å². The first kappa shape index (κ1) is 14.2. The predicted octanol–water partition coefficient (Wildman–Crippen LogP) is 0.795. The van der Waals surface area contributed by atoms with E-state index in [2.05, 4.69) is 17.2 Å². The lowest BCUT2D eigenvalue weighted by atomic mass is 10.1. The van der Waals surface area contributed by atoms with Gasteiger partial charge in [-0.15, -0.1) is 0 Å². The lowest BCUT2D eigenvalue weighted by molar-refractivity contribution is 0.0870. The molecule has 1 amide bonds. The molecule has 4 heteroatoms. The maximum absolute atomic E-state index is 12.0. The summed E-state index contributed by atoms with van der Waals surface area (Å²) in [6.07, 6.45) is -0.0374. The lowest BCUT2D eigenvalue weighted by Gasteiger charge is -2.11. The summed E-state index contributed by atoms with van der Waals surface area (Å²) in [5.41, 5.74) is 1.11. The van der Waals surface area contributed by atoms with Crippen molar-refractivity contribution in [2.24, 2.45) is 0 Å². The topological polar surface area (TPSA) is 58.6 Å². The number of rotatable bonds is 4. The normalized spacial score (nSPS) is 11.3. The van der Waals surface area contributed by atoms with Crippen molar-refractivity contribution in [3.63, 3.8) is 0 Å². The van der Waals surface area contributed by atoms with E-state index < -0.39 is 0 Å². The van der Waals surface area contributed by atoms with Crippen molar-refractivity contribution >= 4 is 5.91 Å². The van der Waals surface area contributed by atoms with E-state index in [0.29, 0.717) is 17.7 Å². The summed E-state index contributed by atoms with van der Waals surface area (Å²) in [7, 11) is 1.59. The summed E-state index contributed by atoms with van der Waals surface area (Å²) in [5.74, 6) is 5.10. The average Bonchev–Trinajstić information content (AvgIpc) is 2.42. The van der Waals surface area contributed by atoms with Gasteiger partial charge < -0.3 is 15.2 Å². The first-order chi connectivity index (χ1) is 8.69. The molecule has 0 aromatic heterocycles. The van der Waals surface area contributed by atoms with Crippen molar-refractivity contribution in [1.82, 2.24) is 5.32 Å². The van der Waals surface area contributed by atoms with Crippen LogP contribution in [0, 0.1) is 11.8 Å². The molecule has 18 heavy (non-hydrogen) atoms. The molecule has 0 saturated carbocycles. The van der Waals surface area contributed by atoms with Crippen LogP contribution >= 0.6 is 0 Å². The Morgan fingerprint density at radius 3 is 2.89 bits per heavy atom. The molecule has 0 bridgehead atoms. The Kier molecular flexibility index (Phi) is 5.92. The Balaban J connectivity index is 2.79. The summed E-state index contributed by atoms with van der Waals surface area (Å²) >= 11 is 0. The van der Waals surface area contributed by atoms with Crippen LogP contribution in [0.1, 0.15) is 22.8 Å². The summed E-state index contributed by atoms with van der Waals surface area (Å²) in [6, 6.07) is 7.03. The van der Waals surface area contributed by atoms with Crippen LogP contribution in [0.25, 0.3) is 0 Å². The number of hydrogen-bond donors (Lipinski definition) is 2. The molecule has 2 N–H and O–H groups in total. The van der Waals surface area contributed by atoms with Crippen LogP contribution in [-0.2, 0) is 4.74 Å². The van der Waals surface area contributed by atoms with Crippen molar-refractivity contribution in [1.29, 1.82) is 0 Å². The number of carbonyl (C=O) groups is 1. The van der Waals surface area contributed by atoms with E-state index in [1.54, 1.807) is 31.4 Å². The maximum atomic E-state index is 12.0. The molecule has 0 radical (unpaired) electrons. The minimum atomic E-state index is -0.226. The van der Waals surface area contributed by atoms with E-state index in [1.807, 2.05) is 6.92 Å². The second-order valence-electron chi connectivity index (χ2n) is 3.76. The molecule has 4 nitrogen and oxygen atoms in total. The summed E-state index contributed by atoms with van der Waals surface area (Å²) < 4.78 is 5.06. The Bertz CT molecular complexity index is 460. The molecule has 1 unspecified atom stereocenters. The van der Waals surface area contributed by atoms with Crippen molar-refractivity contribution < 1.29 is 14.6 Å². The van der Waals surface area contributed by atoms with Crippen LogP contribution in [0.2, 0.25) is 0 Å². The number of hydrogen-bond acceptors (Lipinski definition) is 3. The Labute approximate surface area is 107 Å². The molecule has 1 aromatic carbocycles. The second kappa shape index (κ2) is 7.49. The maximum Gasteiger partial charge on any atom is 0.252 e. The van der Waals surface area contributed by atoms with Crippen molar-refractivity contribution in [3.8, 4) is 11.8 Å². The monoisotopic (exact) mass is 247 g/mol. The molecular formula is C14H17NO3. The molecular weight excluding hydrogens is 230 g/mol. The van der Waals surface area contributed by atoms with Gasteiger partial charge in [-0.25, -0.2) is 0 Å². The largest absolute Gasteiger partial charge is 0.384 e. The summed E-state index contributed by atoms with van der Waals surface area (Å²) in [4.78, 5) is 12.0. The number of aliphatic hydroxyl groups is 1. The van der Waals surface area contributed by atoms with Gasteiger partial charge in [-0.05, 0) is 19.1 Å². The third kappa shape index (κ3) is 4.21. The van der Waals surface area contributed by atoms with Gasteiger partial charge in [-0.2, -0.15) is 0 Å². The third-order valence-electron chi connectivity index (χ3n) is 2.43. The molecule has 1 atom stereocenters. The van der Waals surface area contributed by atoms with Crippen molar-refractivity contribution in [2.75, 3.05) is 20.3 Å². The average molecular weight is 247 g/mol. The van der Waals surface area contributed by atoms with E-state index in [4.69, 9.17) is 9.84 Å². The number of carbonyl (C=O) groups excluding carboxylic acids is 1. The van der Waals surface area contributed by atoms with E-state index in [0.717, 1.165) is 0 Å². The van der Waals surface area contributed by atoms with Gasteiger partial charge in [0.25, 0.3) is 5.91 Å². The second-order valence-corrected chi connectivity index (χ2v) is 3.76. The minimum Gasteiger partial charge on any atom is -0.384 e. The van der Waals surface area contributed by atoms with Gasteiger partial charge in [0.1, 0.15) is 6.61 Å². The molecule has 0 aliphatic carbocycles. The highest BCUT2D eigenvalue weighted by Gasteiger charge is 2.10. The molecule has 1 rings (SSSR count). The predicted molar refractivity (Wildman–Crippen MR) is 69.2 cm³/mol. The van der Waals surface area contributed by atoms with Crippen LogP contribution in [0.15, 0.2) is 24.3 Å². The van der Waals surface area contributed by atoms with Crippen molar-refractivity contribution in [2.45, 2.75) is 13.0 Å². The van der Waals surface area contributed by atoms with Gasteiger partial charge >= 0.3 is 0 Å². The number of benzene rings is 1. The smallest absolute Gasteiger partial charge is 0.252 e. The minimum absolute atomic E-state index is 0.0374. The molecule has 0 fully saturated rings. The summed E-state index contributed by atoms with van der Waals surface area (Å²) in [5, 5.41) is 11.4. The van der Waals surface area contributed by atoms with Crippen LogP contribution in [0.5, 0.6) is 0 Å². The van der Waals surface area contributed by atoms with Gasteiger partial charge in [-0.1, -0.05) is 24.0 Å².